The molecule has 1 heterocycles. The van der Waals surface area contributed by atoms with E-state index in [2.05, 4.69) is 15.9 Å². The molecular weight excluding hydrogens is 321 g/mol. The first-order valence-corrected chi connectivity index (χ1v) is 6.89. The Bertz CT molecular complexity index is 455. The zero-order valence-electron chi connectivity index (χ0n) is 9.60. The molecule has 0 spiro atoms. The number of alkyl halides is 1. The van der Waals surface area contributed by atoms with Gasteiger partial charge >= 0.3 is 0 Å². The van der Waals surface area contributed by atoms with Gasteiger partial charge < -0.3 is 14.7 Å². The summed E-state index contributed by atoms with van der Waals surface area (Å²) in [5.74, 6) is 0.261. The van der Waals surface area contributed by atoms with Gasteiger partial charge in [0.05, 0.1) is 23.7 Å². The highest BCUT2D eigenvalue weighted by atomic mass is 79.9. The molecule has 1 unspecified atom stereocenters. The zero-order valence-corrected chi connectivity index (χ0v) is 11.9. The summed E-state index contributed by atoms with van der Waals surface area (Å²) in [6.07, 6.45) is 0. The van der Waals surface area contributed by atoms with Crippen molar-refractivity contribution in [2.24, 2.45) is 0 Å². The van der Waals surface area contributed by atoms with Gasteiger partial charge in [-0.1, -0.05) is 0 Å². The van der Waals surface area contributed by atoms with E-state index in [1.54, 1.807) is 17.0 Å². The summed E-state index contributed by atoms with van der Waals surface area (Å²) in [5.41, 5.74) is 0.452. The van der Waals surface area contributed by atoms with Gasteiger partial charge in [0.15, 0.2) is 0 Å². The number of benzene rings is 1. The molecular formula is C12H13BrClNO3. The van der Waals surface area contributed by atoms with Crippen LogP contribution in [0.4, 0.5) is 0 Å². The van der Waals surface area contributed by atoms with E-state index in [9.17, 15) is 9.90 Å². The number of hydrogen-bond donors (Lipinski definition) is 1. The summed E-state index contributed by atoms with van der Waals surface area (Å²) in [6, 6.07) is 4.66. The van der Waals surface area contributed by atoms with Crippen LogP contribution in [-0.2, 0) is 4.74 Å². The summed E-state index contributed by atoms with van der Waals surface area (Å²) < 4.78 is 5.86. The fourth-order valence-electron chi connectivity index (χ4n) is 1.86. The number of aromatic hydroxyl groups is 1. The van der Waals surface area contributed by atoms with E-state index in [1.165, 1.54) is 6.07 Å². The minimum absolute atomic E-state index is 0.0523. The maximum atomic E-state index is 12.3. The van der Waals surface area contributed by atoms with Gasteiger partial charge in [-0.3, -0.25) is 4.79 Å². The Morgan fingerprint density at radius 3 is 3.06 bits per heavy atom. The highest BCUT2D eigenvalue weighted by Gasteiger charge is 2.27. The van der Waals surface area contributed by atoms with Gasteiger partial charge in [-0.25, -0.2) is 0 Å². The van der Waals surface area contributed by atoms with Gasteiger partial charge in [-0.15, -0.1) is 11.6 Å². The molecule has 1 aliphatic heterocycles. The summed E-state index contributed by atoms with van der Waals surface area (Å²) in [4.78, 5) is 14.0. The first-order chi connectivity index (χ1) is 8.63. The Balaban J connectivity index is 2.21. The predicted octanol–water partition coefficient (Wildman–Crippen LogP) is 2.23. The molecule has 98 valence electrons. The molecule has 1 N–H and O–H groups in total. The van der Waals surface area contributed by atoms with Crippen molar-refractivity contribution < 1.29 is 14.6 Å². The van der Waals surface area contributed by atoms with Crippen LogP contribution in [0.3, 0.4) is 0 Å². The van der Waals surface area contributed by atoms with Crippen LogP contribution in [0, 0.1) is 0 Å². The average Bonchev–Trinajstić information content (AvgIpc) is 2.41. The number of carbonyl (C=O) groups excluding carboxylic acids is 1. The van der Waals surface area contributed by atoms with Gasteiger partial charge in [-0.05, 0) is 34.1 Å². The molecule has 18 heavy (non-hydrogen) atoms. The lowest BCUT2D eigenvalue weighted by atomic mass is 10.1. The maximum Gasteiger partial charge on any atom is 0.254 e. The number of halogens is 2. The molecule has 4 nitrogen and oxygen atoms in total. The molecule has 1 aromatic carbocycles. The third-order valence-electron chi connectivity index (χ3n) is 2.86. The third-order valence-corrected chi connectivity index (χ3v) is 3.89. The molecule has 6 heteroatoms. The number of phenolic OH excluding ortho intramolecular Hbond substituents is 1. The van der Waals surface area contributed by atoms with Gasteiger partial charge in [0.2, 0.25) is 0 Å². The van der Waals surface area contributed by atoms with Gasteiger partial charge in [0, 0.05) is 18.0 Å². The van der Waals surface area contributed by atoms with Crippen molar-refractivity contribution in [3.05, 3.63) is 28.2 Å². The van der Waals surface area contributed by atoms with E-state index >= 15 is 0 Å². The summed E-state index contributed by atoms with van der Waals surface area (Å²) in [5, 5.41) is 9.60. The Morgan fingerprint density at radius 2 is 2.39 bits per heavy atom. The first-order valence-electron chi connectivity index (χ1n) is 5.56. The van der Waals surface area contributed by atoms with Crippen LogP contribution in [0.5, 0.6) is 5.75 Å². The van der Waals surface area contributed by atoms with Gasteiger partial charge in [0.1, 0.15) is 5.75 Å². The highest BCUT2D eigenvalue weighted by molar-refractivity contribution is 9.10. The minimum atomic E-state index is -0.133. The van der Waals surface area contributed by atoms with Crippen LogP contribution < -0.4 is 0 Å². The van der Waals surface area contributed by atoms with Crippen molar-refractivity contribution in [3.8, 4) is 5.75 Å². The fourth-order valence-corrected chi connectivity index (χ4v) is 2.36. The number of carbonyl (C=O) groups is 1. The van der Waals surface area contributed by atoms with E-state index in [-0.39, 0.29) is 17.7 Å². The highest BCUT2D eigenvalue weighted by Crippen LogP contribution is 2.25. The van der Waals surface area contributed by atoms with E-state index in [0.717, 1.165) is 0 Å². The van der Waals surface area contributed by atoms with E-state index < -0.39 is 0 Å². The predicted molar refractivity (Wildman–Crippen MR) is 72.2 cm³/mol. The summed E-state index contributed by atoms with van der Waals surface area (Å²) >= 11 is 9.02. The molecule has 0 radical (unpaired) electrons. The largest absolute Gasteiger partial charge is 0.507 e. The third kappa shape index (κ3) is 2.79. The number of nitrogens with zero attached hydrogens (tertiary/aromatic N) is 1. The second-order valence-corrected chi connectivity index (χ2v) is 5.21. The van der Waals surface area contributed by atoms with Crippen molar-refractivity contribution >= 4 is 33.4 Å². The molecule has 1 fully saturated rings. The van der Waals surface area contributed by atoms with E-state index in [0.29, 0.717) is 35.7 Å². The SMILES string of the molecule is O=C(c1ccc(Br)c(O)c1)N1CCOCC1CCl. The summed E-state index contributed by atoms with van der Waals surface area (Å²) in [6.45, 7) is 1.49. The van der Waals surface area contributed by atoms with Crippen LogP contribution in [0.1, 0.15) is 10.4 Å². The van der Waals surface area contributed by atoms with E-state index in [1.807, 2.05) is 0 Å². The second-order valence-electron chi connectivity index (χ2n) is 4.05. The number of hydrogen-bond acceptors (Lipinski definition) is 3. The molecule has 0 saturated carbocycles. The average molecular weight is 335 g/mol. The van der Waals surface area contributed by atoms with Crippen LogP contribution in [-0.4, -0.2) is 47.6 Å². The lowest BCUT2D eigenvalue weighted by molar-refractivity contribution is 0.00454. The topological polar surface area (TPSA) is 49.8 Å². The molecule has 1 saturated heterocycles. The molecule has 1 atom stereocenters. The zero-order chi connectivity index (χ0) is 13.1. The lowest BCUT2D eigenvalue weighted by Crippen LogP contribution is -2.49. The normalized spacial score (nSPS) is 19.9. The maximum absolute atomic E-state index is 12.3. The van der Waals surface area contributed by atoms with Crippen molar-refractivity contribution in [1.29, 1.82) is 0 Å². The summed E-state index contributed by atoms with van der Waals surface area (Å²) in [7, 11) is 0. The second kappa shape index (κ2) is 5.91. The molecule has 1 aliphatic rings. The Kier molecular flexibility index (Phi) is 4.48. The standard InChI is InChI=1S/C12H13BrClNO3/c13-10-2-1-8(5-11(10)16)12(17)15-3-4-18-7-9(15)6-14/h1-2,5,9,16H,3-4,6-7H2. The van der Waals surface area contributed by atoms with Crippen LogP contribution in [0.25, 0.3) is 0 Å². The van der Waals surface area contributed by atoms with Crippen LogP contribution in [0.2, 0.25) is 0 Å². The van der Waals surface area contributed by atoms with Crippen molar-refractivity contribution in [3.63, 3.8) is 0 Å². The molecule has 2 rings (SSSR count). The molecule has 0 bridgehead atoms. The molecule has 0 aromatic heterocycles. The minimum Gasteiger partial charge on any atom is -0.507 e. The van der Waals surface area contributed by atoms with Crippen LogP contribution in [0.15, 0.2) is 22.7 Å². The lowest BCUT2D eigenvalue weighted by Gasteiger charge is -2.34. The first kappa shape index (κ1) is 13.6. The van der Waals surface area contributed by atoms with E-state index in [4.69, 9.17) is 16.3 Å². The number of ether oxygens (including phenoxy) is 1. The fraction of sp³-hybridized carbons (Fsp3) is 0.417. The quantitative estimate of drug-likeness (QED) is 0.844. The monoisotopic (exact) mass is 333 g/mol. The number of amides is 1. The molecule has 1 amide bonds. The smallest absolute Gasteiger partial charge is 0.254 e. The van der Waals surface area contributed by atoms with Crippen molar-refractivity contribution in [1.82, 2.24) is 4.90 Å². The Morgan fingerprint density at radius 1 is 1.61 bits per heavy atom. The van der Waals surface area contributed by atoms with Crippen LogP contribution >= 0.6 is 27.5 Å². The molecule has 1 aromatic rings. The number of rotatable bonds is 2. The number of phenols is 1. The van der Waals surface area contributed by atoms with Gasteiger partial charge in [0.25, 0.3) is 5.91 Å². The molecule has 0 aliphatic carbocycles. The Hall–Kier alpha value is -0.780. The van der Waals surface area contributed by atoms with Crippen molar-refractivity contribution in [2.75, 3.05) is 25.6 Å². The van der Waals surface area contributed by atoms with Crippen molar-refractivity contribution in [2.45, 2.75) is 6.04 Å². The van der Waals surface area contributed by atoms with Gasteiger partial charge in [-0.2, -0.15) is 0 Å². The Labute approximate surface area is 119 Å². The number of morpholine rings is 1.